The predicted molar refractivity (Wildman–Crippen MR) is 33.1 cm³/mol. The fraction of sp³-hybridized carbons (Fsp3) is 0.800. The molecule has 0 radical (unpaired) electrons. The molecular weight excluding hydrogens is 255 g/mol. The van der Waals surface area contributed by atoms with Crippen LogP contribution in [-0.4, -0.2) is 17.7 Å². The van der Waals surface area contributed by atoms with Crippen LogP contribution >= 0.6 is 7.94 Å². The maximum Gasteiger partial charge on any atom is 1.00 e. The molecule has 0 fully saturated rings. The van der Waals surface area contributed by atoms with Crippen LogP contribution in [0.3, 0.4) is 0 Å². The van der Waals surface area contributed by atoms with Crippen molar-refractivity contribution in [2.24, 2.45) is 0 Å². The fourth-order valence-corrected chi connectivity index (χ4v) is 1.04. The van der Waals surface area contributed by atoms with Crippen molar-refractivity contribution >= 4 is 13.9 Å². The number of alkyl halides is 2. The van der Waals surface area contributed by atoms with Gasteiger partial charge in [-0.15, -0.1) is 0 Å². The number of hydrogen-bond acceptors (Lipinski definition) is 5. The van der Waals surface area contributed by atoms with Crippen molar-refractivity contribution in [1.82, 2.24) is 0 Å². The van der Waals surface area contributed by atoms with Crippen LogP contribution in [0.4, 0.5) is 8.78 Å². The smallest absolute Gasteiger partial charge is 0.683 e. The van der Waals surface area contributed by atoms with Gasteiger partial charge >= 0.3 is 70.7 Å². The van der Waals surface area contributed by atoms with Crippen LogP contribution in [0, 0.1) is 0 Å². The number of carbonyl (C=O) groups is 1. The molecule has 1 atom stereocenters. The molecule has 0 saturated heterocycles. The summed E-state index contributed by atoms with van der Waals surface area (Å²) in [6, 6.07) is 0. The van der Waals surface area contributed by atoms with Gasteiger partial charge in [0.1, 0.15) is 0 Å². The van der Waals surface area contributed by atoms with Crippen molar-refractivity contribution < 1.29 is 92.1 Å². The molecule has 0 aromatic carbocycles. The van der Waals surface area contributed by atoms with Gasteiger partial charge in [0.05, 0.1) is 0 Å². The van der Waals surface area contributed by atoms with E-state index in [1.54, 1.807) is 0 Å². The maximum absolute atomic E-state index is 12.5. The Morgan fingerprint density at radius 3 is 1.87 bits per heavy atom. The van der Waals surface area contributed by atoms with Gasteiger partial charge in [0, 0.05) is 6.92 Å². The van der Waals surface area contributed by atoms with Crippen molar-refractivity contribution in [1.29, 1.82) is 0 Å². The summed E-state index contributed by atoms with van der Waals surface area (Å²) in [5, 5.41) is 0. The molecule has 0 rings (SSSR count). The van der Waals surface area contributed by atoms with E-state index in [0.717, 1.165) is 6.92 Å². The van der Waals surface area contributed by atoms with Gasteiger partial charge in [-0.25, -0.2) is 0 Å². The van der Waals surface area contributed by atoms with E-state index >= 15 is 0 Å². The van der Waals surface area contributed by atoms with E-state index in [9.17, 15) is 28.3 Å². The summed E-state index contributed by atoms with van der Waals surface area (Å²) in [4.78, 5) is 40.2. The Hall–Kier alpha value is 1.64. The molecule has 0 aliphatic rings. The second-order valence-corrected chi connectivity index (χ2v) is 3.93. The zero-order chi connectivity index (χ0) is 10.9. The third-order valence-electron chi connectivity index (χ3n) is 1.20. The van der Waals surface area contributed by atoms with Crippen LogP contribution in [0.2, 0.25) is 0 Å². The van der Waals surface area contributed by atoms with Crippen molar-refractivity contribution in [3.63, 3.8) is 0 Å². The minimum absolute atomic E-state index is 0. The monoisotopic (exact) mass is 262 g/mol. The molecule has 0 heterocycles. The van der Waals surface area contributed by atoms with E-state index in [2.05, 4.69) is 4.74 Å². The minimum atomic E-state index is -6.09. The molecule has 78 valence electrons. The molecule has 0 spiro atoms. The zero-order valence-corrected chi connectivity index (χ0v) is 13.7. The van der Waals surface area contributed by atoms with Crippen LogP contribution < -0.4 is 73.8 Å². The molecule has 0 aromatic rings. The zero-order valence-electron chi connectivity index (χ0n) is 8.82. The topological polar surface area (TPSA) is 95.5 Å². The van der Waals surface area contributed by atoms with E-state index in [-0.39, 0.29) is 59.1 Å². The molecule has 0 bridgehead atoms. The van der Waals surface area contributed by atoms with Crippen LogP contribution in [-0.2, 0) is 9.53 Å². The van der Waals surface area contributed by atoms with Gasteiger partial charge in [0.15, 0.2) is 6.10 Å². The van der Waals surface area contributed by atoms with Crippen LogP contribution in [0.25, 0.3) is 0 Å². The Labute approximate surface area is 130 Å². The largest absolute Gasteiger partial charge is 1.00 e. The molecule has 0 aliphatic heterocycles. The molecule has 1 unspecified atom stereocenters. The Morgan fingerprint density at radius 2 is 1.67 bits per heavy atom. The van der Waals surface area contributed by atoms with Gasteiger partial charge in [-0.05, 0) is 6.92 Å². The van der Waals surface area contributed by atoms with Gasteiger partial charge in [0.2, 0.25) is 0 Å². The minimum Gasteiger partial charge on any atom is -0.683 e. The van der Waals surface area contributed by atoms with Crippen LogP contribution in [0.15, 0.2) is 0 Å². The number of ether oxygens (including phenoxy) is 1. The van der Waals surface area contributed by atoms with E-state index < -0.39 is 25.7 Å². The molecular formula is C5H7F2Na2O5P. The van der Waals surface area contributed by atoms with Crippen molar-refractivity contribution in [3.05, 3.63) is 0 Å². The molecule has 0 aromatic heterocycles. The first-order valence-corrected chi connectivity index (χ1v) is 4.70. The number of carbonyl (C=O) groups excluding carboxylic acids is 1. The maximum atomic E-state index is 12.5. The summed E-state index contributed by atoms with van der Waals surface area (Å²) in [6.45, 7) is 1.46. The summed E-state index contributed by atoms with van der Waals surface area (Å²) in [6.07, 6.45) is -2.27. The average molecular weight is 262 g/mol. The predicted octanol–water partition coefficient (Wildman–Crippen LogP) is -7.62. The molecule has 0 aliphatic carbocycles. The third kappa shape index (κ3) is 6.83. The summed E-state index contributed by atoms with van der Waals surface area (Å²) in [7, 11) is -6.09. The van der Waals surface area contributed by atoms with E-state index in [4.69, 9.17) is 0 Å². The number of hydrogen-bond donors (Lipinski definition) is 0. The molecule has 5 nitrogen and oxygen atoms in total. The normalized spacial score (nSPS) is 13.3. The van der Waals surface area contributed by atoms with Crippen molar-refractivity contribution in [3.8, 4) is 0 Å². The Kier molecular flexibility index (Phi) is 11.5. The number of rotatable bonds is 3. The van der Waals surface area contributed by atoms with E-state index in [0.29, 0.717) is 6.92 Å². The summed E-state index contributed by atoms with van der Waals surface area (Å²) in [5.41, 5.74) is -4.57. The SMILES string of the molecule is CC(=O)OC(C)C(F)(F)[P+]([O-])([O-])[O-].[Na+].[Na+]. The van der Waals surface area contributed by atoms with Crippen LogP contribution in [0.1, 0.15) is 13.8 Å². The molecule has 15 heavy (non-hydrogen) atoms. The fourth-order valence-electron chi connectivity index (χ4n) is 0.543. The molecule has 10 heteroatoms. The van der Waals surface area contributed by atoms with E-state index in [1.165, 1.54) is 0 Å². The number of halogens is 2. The summed E-state index contributed by atoms with van der Waals surface area (Å²) >= 11 is 0. The van der Waals surface area contributed by atoms with Gasteiger partial charge in [-0.2, -0.15) is 8.78 Å². The summed E-state index contributed by atoms with van der Waals surface area (Å²) in [5.74, 6) is -1.08. The van der Waals surface area contributed by atoms with Gasteiger partial charge in [-0.3, -0.25) is 4.79 Å². The van der Waals surface area contributed by atoms with Crippen LogP contribution in [0.5, 0.6) is 0 Å². The van der Waals surface area contributed by atoms with Crippen molar-refractivity contribution in [2.75, 3.05) is 0 Å². The van der Waals surface area contributed by atoms with Gasteiger partial charge in [-0.1, -0.05) is 7.94 Å². The first kappa shape index (κ1) is 21.9. The molecule has 0 saturated carbocycles. The third-order valence-corrected chi connectivity index (χ3v) is 2.29. The second kappa shape index (κ2) is 7.87. The molecule has 0 N–H and O–H groups in total. The number of esters is 1. The quantitative estimate of drug-likeness (QED) is 0.286. The Balaban J connectivity index is -0.000000720. The standard InChI is InChI=1S/C5H9F2O5P.2Na/c1-3(12-4(2)8)5(6,7)13(9,10)11;;/h3H,1-2H3,(H2,9,10,11);;/q;2*+1/p-2. The van der Waals surface area contributed by atoms with Crippen molar-refractivity contribution in [2.45, 2.75) is 25.6 Å². The van der Waals surface area contributed by atoms with Gasteiger partial charge in [0.25, 0.3) is 0 Å². The van der Waals surface area contributed by atoms with Gasteiger partial charge < -0.3 is 19.4 Å². The average Bonchev–Trinajstić information content (AvgIpc) is 1.82. The summed E-state index contributed by atoms with van der Waals surface area (Å²) < 4.78 is 28.9. The Morgan fingerprint density at radius 1 is 1.33 bits per heavy atom. The first-order chi connectivity index (χ1) is 5.59. The molecule has 0 amide bonds. The second-order valence-electron chi connectivity index (χ2n) is 2.34. The Bertz CT molecular complexity index is 210. The van der Waals surface area contributed by atoms with E-state index in [1.807, 2.05) is 0 Å². The first-order valence-electron chi connectivity index (χ1n) is 3.16.